The molecule has 0 saturated carbocycles. The van der Waals surface area contributed by atoms with E-state index in [0.717, 1.165) is 13.1 Å². The summed E-state index contributed by atoms with van der Waals surface area (Å²) in [7, 11) is 0. The van der Waals surface area contributed by atoms with Crippen LogP contribution in [0.5, 0.6) is 0 Å². The maximum Gasteiger partial charge on any atom is 0.138 e. The van der Waals surface area contributed by atoms with Gasteiger partial charge in [-0.15, -0.1) is 0 Å². The first kappa shape index (κ1) is 8.22. The van der Waals surface area contributed by atoms with Gasteiger partial charge in [0.2, 0.25) is 0 Å². The first-order chi connectivity index (χ1) is 5.24. The zero-order chi connectivity index (χ0) is 8.27. The lowest BCUT2D eigenvalue weighted by molar-refractivity contribution is -0.125. The Labute approximate surface area is 66.6 Å². The normalized spacial score (nSPS) is 26.5. The van der Waals surface area contributed by atoms with Crippen molar-refractivity contribution in [3.8, 4) is 6.07 Å². The number of hydrogen-bond acceptors (Lipinski definition) is 3. The van der Waals surface area contributed by atoms with Gasteiger partial charge in [0.15, 0.2) is 0 Å². The van der Waals surface area contributed by atoms with Gasteiger partial charge in [-0.1, -0.05) is 6.92 Å². The molecule has 0 aliphatic carbocycles. The second kappa shape index (κ2) is 3.49. The number of nitrogens with zero attached hydrogens (tertiary/aromatic N) is 2. The van der Waals surface area contributed by atoms with Crippen LogP contribution in [0.15, 0.2) is 0 Å². The molecule has 0 radical (unpaired) electrons. The van der Waals surface area contributed by atoms with Gasteiger partial charge in [0.25, 0.3) is 0 Å². The molecule has 0 aromatic rings. The van der Waals surface area contributed by atoms with Crippen LogP contribution >= 0.6 is 0 Å². The van der Waals surface area contributed by atoms with Crippen molar-refractivity contribution in [3.63, 3.8) is 0 Å². The molecular weight excluding hydrogens is 140 g/mol. The van der Waals surface area contributed by atoms with Crippen molar-refractivity contribution in [2.24, 2.45) is 5.92 Å². The van der Waals surface area contributed by atoms with Crippen LogP contribution in [0.1, 0.15) is 13.3 Å². The van der Waals surface area contributed by atoms with Crippen LogP contribution in [0.25, 0.3) is 0 Å². The lowest BCUT2D eigenvalue weighted by Gasteiger charge is -2.27. The molecule has 1 heterocycles. The second-order valence-corrected chi connectivity index (χ2v) is 3.01. The Bertz CT molecular complexity index is 195. The van der Waals surface area contributed by atoms with Crippen molar-refractivity contribution >= 4 is 5.78 Å². The maximum atomic E-state index is 11.0. The van der Waals surface area contributed by atoms with Gasteiger partial charge in [-0.25, -0.2) is 0 Å². The summed E-state index contributed by atoms with van der Waals surface area (Å²) in [6.07, 6.45) is 0.614. The van der Waals surface area contributed by atoms with Crippen molar-refractivity contribution in [3.05, 3.63) is 0 Å². The number of rotatable bonds is 1. The van der Waals surface area contributed by atoms with E-state index < -0.39 is 0 Å². The Morgan fingerprint density at radius 1 is 1.82 bits per heavy atom. The molecule has 0 aromatic carbocycles. The van der Waals surface area contributed by atoms with Gasteiger partial charge in [0, 0.05) is 25.4 Å². The van der Waals surface area contributed by atoms with Crippen LogP contribution < -0.4 is 0 Å². The Balaban J connectivity index is 2.41. The van der Waals surface area contributed by atoms with E-state index in [1.807, 2.05) is 11.8 Å². The van der Waals surface area contributed by atoms with Crippen LogP contribution in [-0.4, -0.2) is 30.3 Å². The number of Topliss-reactive ketones (excluding diaryl/α,β-unsaturated/α-hetero) is 1. The summed E-state index contributed by atoms with van der Waals surface area (Å²) in [5, 5.41) is 8.39. The number of nitriles is 1. The summed E-state index contributed by atoms with van der Waals surface area (Å²) < 4.78 is 0. The molecule has 3 heteroatoms. The van der Waals surface area contributed by atoms with Crippen molar-refractivity contribution < 1.29 is 4.79 Å². The van der Waals surface area contributed by atoms with Gasteiger partial charge in [-0.2, -0.15) is 5.26 Å². The molecule has 1 atom stereocenters. The highest BCUT2D eigenvalue weighted by molar-refractivity contribution is 5.81. The summed E-state index contributed by atoms with van der Waals surface area (Å²) in [5.41, 5.74) is 0. The molecule has 0 bridgehead atoms. The van der Waals surface area contributed by atoms with Crippen LogP contribution in [-0.2, 0) is 4.79 Å². The van der Waals surface area contributed by atoms with Crippen molar-refractivity contribution in [1.29, 1.82) is 5.26 Å². The monoisotopic (exact) mass is 152 g/mol. The van der Waals surface area contributed by atoms with Gasteiger partial charge in [0.1, 0.15) is 5.78 Å². The Morgan fingerprint density at radius 2 is 2.55 bits per heavy atom. The lowest BCUT2D eigenvalue weighted by Crippen LogP contribution is -2.39. The van der Waals surface area contributed by atoms with Crippen LogP contribution in [0.3, 0.4) is 0 Å². The Hall–Kier alpha value is -0.880. The summed E-state index contributed by atoms with van der Waals surface area (Å²) in [6.45, 7) is 3.90. The number of carbonyl (C=O) groups is 1. The lowest BCUT2D eigenvalue weighted by atomic mass is 9.99. The molecule has 1 unspecified atom stereocenters. The third-order valence-corrected chi connectivity index (χ3v) is 2.05. The molecule has 0 spiro atoms. The molecular formula is C8H12N2O. The molecule has 0 N–H and O–H groups in total. The maximum absolute atomic E-state index is 11.0. The van der Waals surface area contributed by atoms with E-state index in [1.165, 1.54) is 0 Å². The Morgan fingerprint density at radius 3 is 3.09 bits per heavy atom. The fourth-order valence-electron chi connectivity index (χ4n) is 1.34. The number of ketones is 1. The third kappa shape index (κ3) is 2.02. The minimum absolute atomic E-state index is 0.122. The first-order valence-electron chi connectivity index (χ1n) is 3.86. The van der Waals surface area contributed by atoms with E-state index in [9.17, 15) is 4.79 Å². The van der Waals surface area contributed by atoms with Gasteiger partial charge >= 0.3 is 0 Å². The largest absolute Gasteiger partial charge is 0.299 e. The first-order valence-corrected chi connectivity index (χ1v) is 3.86. The summed E-state index contributed by atoms with van der Waals surface area (Å²) >= 11 is 0. The van der Waals surface area contributed by atoms with E-state index in [-0.39, 0.29) is 5.92 Å². The predicted molar refractivity (Wildman–Crippen MR) is 40.8 cm³/mol. The third-order valence-electron chi connectivity index (χ3n) is 2.05. The van der Waals surface area contributed by atoms with Crippen LogP contribution in [0.4, 0.5) is 0 Å². The summed E-state index contributed by atoms with van der Waals surface area (Å²) in [4.78, 5) is 13.1. The number of piperidine rings is 1. The van der Waals surface area contributed by atoms with Gasteiger partial charge in [-0.3, -0.25) is 9.69 Å². The molecule has 0 aromatic heterocycles. The average molecular weight is 152 g/mol. The quantitative estimate of drug-likeness (QED) is 0.511. The highest BCUT2D eigenvalue weighted by Crippen LogP contribution is 2.10. The Kier molecular flexibility index (Phi) is 2.61. The van der Waals surface area contributed by atoms with E-state index in [0.29, 0.717) is 18.7 Å². The van der Waals surface area contributed by atoms with Crippen LogP contribution in [0, 0.1) is 17.2 Å². The zero-order valence-electron chi connectivity index (χ0n) is 6.71. The predicted octanol–water partition coefficient (Wildman–Crippen LogP) is 0.421. The summed E-state index contributed by atoms with van der Waals surface area (Å²) in [5.74, 6) is 0.455. The van der Waals surface area contributed by atoms with E-state index in [4.69, 9.17) is 5.26 Å². The molecule has 3 nitrogen and oxygen atoms in total. The minimum Gasteiger partial charge on any atom is -0.299 e. The van der Waals surface area contributed by atoms with Crippen molar-refractivity contribution in [1.82, 2.24) is 4.90 Å². The number of carbonyl (C=O) groups excluding carboxylic acids is 1. The van der Waals surface area contributed by atoms with Gasteiger partial charge in [-0.05, 0) is 0 Å². The van der Waals surface area contributed by atoms with E-state index in [2.05, 4.69) is 6.07 Å². The van der Waals surface area contributed by atoms with Gasteiger partial charge in [0.05, 0.1) is 12.6 Å². The molecule has 1 fully saturated rings. The fourth-order valence-corrected chi connectivity index (χ4v) is 1.34. The highest BCUT2D eigenvalue weighted by atomic mass is 16.1. The molecule has 1 aliphatic heterocycles. The highest BCUT2D eigenvalue weighted by Gasteiger charge is 2.22. The molecule has 11 heavy (non-hydrogen) atoms. The molecule has 60 valence electrons. The standard InChI is InChI=1S/C8H12N2O/c1-7-6-10(5-3-9)4-2-8(7)11/h7H,2,4-6H2,1H3. The SMILES string of the molecule is CC1CN(CC#N)CCC1=O. The van der Waals surface area contributed by atoms with E-state index >= 15 is 0 Å². The second-order valence-electron chi connectivity index (χ2n) is 3.01. The fraction of sp³-hybridized carbons (Fsp3) is 0.750. The molecule has 0 amide bonds. The zero-order valence-corrected chi connectivity index (χ0v) is 6.71. The topological polar surface area (TPSA) is 44.1 Å². The molecule has 1 saturated heterocycles. The van der Waals surface area contributed by atoms with Crippen LogP contribution in [0.2, 0.25) is 0 Å². The smallest absolute Gasteiger partial charge is 0.138 e. The summed E-state index contributed by atoms with van der Waals surface area (Å²) in [6, 6.07) is 2.09. The van der Waals surface area contributed by atoms with Gasteiger partial charge < -0.3 is 0 Å². The van der Waals surface area contributed by atoms with E-state index in [1.54, 1.807) is 0 Å². The average Bonchev–Trinajstić information content (AvgIpc) is 1.98. The minimum atomic E-state index is 0.122. The molecule has 1 rings (SSSR count). The van der Waals surface area contributed by atoms with Crippen molar-refractivity contribution in [2.45, 2.75) is 13.3 Å². The number of likely N-dealkylation sites (tertiary alicyclic amines) is 1. The molecule has 1 aliphatic rings. The van der Waals surface area contributed by atoms with Crippen molar-refractivity contribution in [2.75, 3.05) is 19.6 Å². The number of hydrogen-bond donors (Lipinski definition) is 0.